The van der Waals surface area contributed by atoms with Crippen LogP contribution in [0.25, 0.3) is 0 Å². The molecular weight excluding hydrogens is 324 g/mol. The van der Waals surface area contributed by atoms with E-state index in [2.05, 4.69) is 20.8 Å². The van der Waals surface area contributed by atoms with E-state index in [9.17, 15) is 20.1 Å². The summed E-state index contributed by atoms with van der Waals surface area (Å²) < 4.78 is 5.47. The van der Waals surface area contributed by atoms with Gasteiger partial charge in [-0.25, -0.2) is 0 Å². The third kappa shape index (κ3) is 3.01. The van der Waals surface area contributed by atoms with Gasteiger partial charge >= 0.3 is 5.97 Å². The fourth-order valence-electron chi connectivity index (χ4n) is 6.24. The van der Waals surface area contributed by atoms with Crippen LogP contribution >= 0.6 is 0 Å². The summed E-state index contributed by atoms with van der Waals surface area (Å²) in [6.07, 6.45) is 2.73. The zero-order chi connectivity index (χ0) is 18.7. The third-order valence-electron chi connectivity index (χ3n) is 7.54. The first-order chi connectivity index (χ1) is 11.4. The van der Waals surface area contributed by atoms with Gasteiger partial charge in [0.2, 0.25) is 0 Å². The number of aliphatic hydroxyl groups is 3. The first-order valence-electron chi connectivity index (χ1n) is 9.42. The van der Waals surface area contributed by atoms with Crippen LogP contribution in [0.1, 0.15) is 65.7 Å². The van der Waals surface area contributed by atoms with Crippen molar-refractivity contribution in [1.82, 2.24) is 0 Å². The average Bonchev–Trinajstić information content (AvgIpc) is 2.47. The van der Waals surface area contributed by atoms with Crippen molar-refractivity contribution in [2.75, 3.05) is 6.61 Å². The quantitative estimate of drug-likeness (QED) is 0.615. The lowest BCUT2D eigenvalue weighted by Crippen LogP contribution is -2.67. The fourth-order valence-corrected chi connectivity index (χ4v) is 6.24. The van der Waals surface area contributed by atoms with Crippen molar-refractivity contribution in [3.63, 3.8) is 0 Å². The lowest BCUT2D eigenvalue weighted by Gasteiger charge is -2.64. The molecule has 0 aromatic rings. The van der Waals surface area contributed by atoms with E-state index in [-0.39, 0.29) is 29.8 Å². The second kappa shape index (κ2) is 5.91. The molecule has 6 nitrogen and oxygen atoms in total. The van der Waals surface area contributed by atoms with Crippen LogP contribution < -0.4 is 0 Å². The summed E-state index contributed by atoms with van der Waals surface area (Å²) in [5.41, 5.74) is -1.01. The maximum absolute atomic E-state index is 11.2. The first-order valence-corrected chi connectivity index (χ1v) is 9.42. The van der Waals surface area contributed by atoms with Gasteiger partial charge in [0.25, 0.3) is 0 Å². The molecule has 0 amide bonds. The second-order valence-corrected chi connectivity index (χ2v) is 9.55. The van der Waals surface area contributed by atoms with Crippen molar-refractivity contribution in [3.05, 3.63) is 0 Å². The molecule has 2 aliphatic carbocycles. The maximum Gasteiger partial charge on any atom is 0.306 e. The Labute approximate surface area is 149 Å². The molecule has 1 heterocycles. The number of ether oxygens (including phenoxy) is 1. The molecule has 0 radical (unpaired) electrons. The Morgan fingerprint density at radius 2 is 1.84 bits per heavy atom. The molecule has 144 valence electrons. The van der Waals surface area contributed by atoms with Gasteiger partial charge in [0, 0.05) is 12.3 Å². The van der Waals surface area contributed by atoms with Crippen LogP contribution in [0, 0.1) is 22.7 Å². The van der Waals surface area contributed by atoms with Gasteiger partial charge in [-0.3, -0.25) is 4.79 Å². The number of hydrogen-bond acceptors (Lipinski definition) is 5. The van der Waals surface area contributed by atoms with Gasteiger partial charge in [0.15, 0.2) is 5.79 Å². The Kier molecular flexibility index (Phi) is 4.51. The molecule has 3 aliphatic rings. The minimum atomic E-state index is -1.91. The van der Waals surface area contributed by atoms with E-state index in [1.54, 1.807) is 0 Å². The van der Waals surface area contributed by atoms with Gasteiger partial charge in [-0.05, 0) is 42.4 Å². The van der Waals surface area contributed by atoms with E-state index >= 15 is 0 Å². The van der Waals surface area contributed by atoms with Crippen LogP contribution in [0.15, 0.2) is 0 Å². The molecule has 1 unspecified atom stereocenters. The summed E-state index contributed by atoms with van der Waals surface area (Å²) in [5.74, 6) is -2.89. The molecule has 3 fully saturated rings. The van der Waals surface area contributed by atoms with Gasteiger partial charge in [-0.2, -0.15) is 0 Å². The molecule has 0 aromatic carbocycles. The smallest absolute Gasteiger partial charge is 0.306 e. The number of aliphatic carboxylic acids is 1. The largest absolute Gasteiger partial charge is 0.481 e. The summed E-state index contributed by atoms with van der Waals surface area (Å²) >= 11 is 0. The third-order valence-corrected chi connectivity index (χ3v) is 7.54. The molecule has 0 aromatic heterocycles. The van der Waals surface area contributed by atoms with Gasteiger partial charge in [0.1, 0.15) is 6.10 Å². The van der Waals surface area contributed by atoms with E-state index in [0.717, 1.165) is 25.7 Å². The number of aliphatic hydroxyl groups excluding tert-OH is 1. The van der Waals surface area contributed by atoms with E-state index < -0.39 is 29.9 Å². The average molecular weight is 356 g/mol. The predicted octanol–water partition coefficient (Wildman–Crippen LogP) is 1.90. The molecule has 0 bridgehead atoms. The molecule has 6 heteroatoms. The Bertz CT molecular complexity index is 548. The standard InChI is InChI=1S/C19H32O6/c1-16(2)6-4-7-17(3)12(16)5-8-18(23)11-25-19(24,10-13(17)18)14(20)9-15(21)22/h12-14,20,23-24H,4-11H2,1-3H3,(H,21,22)/t12-,13+,14-,17-,18-,19?/m0/s1. The zero-order valence-electron chi connectivity index (χ0n) is 15.5. The number of fused-ring (bicyclic) bond motifs is 3. The first kappa shape index (κ1) is 19.1. The van der Waals surface area contributed by atoms with E-state index in [0.29, 0.717) is 12.3 Å². The Hall–Kier alpha value is -0.690. The fraction of sp³-hybridized carbons (Fsp3) is 0.947. The topological polar surface area (TPSA) is 107 Å². The maximum atomic E-state index is 11.2. The highest BCUT2D eigenvalue weighted by Gasteiger charge is 2.64. The van der Waals surface area contributed by atoms with E-state index in [1.807, 2.05) is 0 Å². The van der Waals surface area contributed by atoms with Crippen molar-refractivity contribution in [1.29, 1.82) is 0 Å². The zero-order valence-corrected chi connectivity index (χ0v) is 15.5. The van der Waals surface area contributed by atoms with Crippen molar-refractivity contribution < 1.29 is 30.0 Å². The van der Waals surface area contributed by atoms with Crippen LogP contribution in [0.4, 0.5) is 0 Å². The van der Waals surface area contributed by atoms with Crippen LogP contribution in [-0.2, 0) is 9.53 Å². The highest BCUT2D eigenvalue weighted by molar-refractivity contribution is 5.67. The van der Waals surface area contributed by atoms with Crippen LogP contribution in [0.2, 0.25) is 0 Å². The number of carbonyl (C=O) groups is 1. The molecule has 1 aliphatic heterocycles. The molecule has 1 saturated heterocycles. The Morgan fingerprint density at radius 3 is 2.48 bits per heavy atom. The summed E-state index contributed by atoms with van der Waals surface area (Å²) in [5, 5.41) is 41.2. The van der Waals surface area contributed by atoms with Gasteiger partial charge in [-0.1, -0.05) is 27.2 Å². The van der Waals surface area contributed by atoms with E-state index in [4.69, 9.17) is 9.84 Å². The van der Waals surface area contributed by atoms with Crippen molar-refractivity contribution in [2.24, 2.45) is 22.7 Å². The van der Waals surface area contributed by atoms with Crippen molar-refractivity contribution in [2.45, 2.75) is 83.2 Å². The summed E-state index contributed by atoms with van der Waals surface area (Å²) in [6.45, 7) is 6.70. The summed E-state index contributed by atoms with van der Waals surface area (Å²) in [7, 11) is 0. The monoisotopic (exact) mass is 356 g/mol. The lowest BCUT2D eigenvalue weighted by molar-refractivity contribution is -0.344. The molecule has 25 heavy (non-hydrogen) atoms. The van der Waals surface area contributed by atoms with Crippen LogP contribution in [-0.4, -0.2) is 50.5 Å². The van der Waals surface area contributed by atoms with E-state index in [1.165, 1.54) is 0 Å². The molecule has 6 atom stereocenters. The molecular formula is C19H32O6. The predicted molar refractivity (Wildman–Crippen MR) is 90.7 cm³/mol. The Morgan fingerprint density at radius 1 is 1.16 bits per heavy atom. The number of carboxylic acids is 1. The van der Waals surface area contributed by atoms with Gasteiger partial charge in [0.05, 0.1) is 18.6 Å². The second-order valence-electron chi connectivity index (χ2n) is 9.55. The van der Waals surface area contributed by atoms with Crippen molar-refractivity contribution >= 4 is 5.97 Å². The summed E-state index contributed by atoms with van der Waals surface area (Å²) in [4.78, 5) is 10.9. The highest BCUT2D eigenvalue weighted by Crippen LogP contribution is 2.64. The minimum absolute atomic E-state index is 0.0619. The number of rotatable bonds is 3. The highest BCUT2D eigenvalue weighted by atomic mass is 16.6. The lowest BCUT2D eigenvalue weighted by atomic mass is 9.44. The number of hydrogen-bond donors (Lipinski definition) is 4. The molecule has 4 N–H and O–H groups in total. The Balaban J connectivity index is 1.92. The molecule has 2 saturated carbocycles. The van der Waals surface area contributed by atoms with Gasteiger partial charge in [-0.15, -0.1) is 0 Å². The van der Waals surface area contributed by atoms with Gasteiger partial charge < -0.3 is 25.2 Å². The normalized spacial score (nSPS) is 47.4. The van der Waals surface area contributed by atoms with Crippen LogP contribution in [0.3, 0.4) is 0 Å². The van der Waals surface area contributed by atoms with Crippen LogP contribution in [0.5, 0.6) is 0 Å². The molecule has 3 rings (SSSR count). The molecule has 0 spiro atoms. The minimum Gasteiger partial charge on any atom is -0.481 e. The number of carboxylic acid groups (broad SMARTS) is 1. The summed E-state index contributed by atoms with van der Waals surface area (Å²) in [6, 6.07) is 0. The van der Waals surface area contributed by atoms with Crippen molar-refractivity contribution in [3.8, 4) is 0 Å². The SMILES string of the molecule is CC1(C)CCC[C@@]2(C)[C@H]1CC[C@]1(O)COC(O)([C@@H](O)CC(=O)O)C[C@@H]12.